The van der Waals surface area contributed by atoms with Gasteiger partial charge >= 0.3 is 0 Å². The van der Waals surface area contributed by atoms with E-state index in [0.717, 1.165) is 11.0 Å². The van der Waals surface area contributed by atoms with Crippen molar-refractivity contribution >= 4 is 29.9 Å². The maximum Gasteiger partial charge on any atom is 0.246 e. The van der Waals surface area contributed by atoms with Crippen LogP contribution in [0.15, 0.2) is 12.2 Å². The minimum Gasteiger partial charge on any atom is -0.347 e. The second kappa shape index (κ2) is 6.37. The largest absolute Gasteiger partial charge is 0.347 e. The van der Waals surface area contributed by atoms with Crippen LogP contribution < -0.4 is 5.32 Å². The zero-order valence-electron chi connectivity index (χ0n) is 8.89. The number of hydrogen-bond acceptors (Lipinski definition) is 1. The molecule has 0 unspecified atom stereocenters. The number of nitrogens with zero attached hydrogens (tertiary/aromatic N) is 1. The second-order valence-electron chi connectivity index (χ2n) is 4.05. The standard InChI is InChI=1S/C9H18N2O.HI/c1-8(2)9(12)10-6-7-11(3,4)5;/h1,6-7H2,2-5H3;1H/p+1. The highest BCUT2D eigenvalue weighted by Crippen LogP contribution is 1.88. The predicted octanol–water partition coefficient (Wildman–Crippen LogP) is 1.00. The fourth-order valence-corrected chi connectivity index (χ4v) is 0.656. The van der Waals surface area contributed by atoms with Crippen LogP contribution in [0, 0.1) is 0 Å². The Morgan fingerprint density at radius 2 is 1.85 bits per heavy atom. The molecule has 0 aromatic heterocycles. The number of rotatable bonds is 4. The van der Waals surface area contributed by atoms with Crippen molar-refractivity contribution in [3.8, 4) is 0 Å². The van der Waals surface area contributed by atoms with Crippen LogP contribution in [0.2, 0.25) is 0 Å². The molecule has 0 bridgehead atoms. The highest BCUT2D eigenvalue weighted by atomic mass is 127. The summed E-state index contributed by atoms with van der Waals surface area (Å²) in [5, 5.41) is 2.78. The summed E-state index contributed by atoms with van der Waals surface area (Å²) in [5.41, 5.74) is 0.566. The Hall–Kier alpha value is -0.100. The van der Waals surface area contributed by atoms with Crippen LogP contribution in [0.5, 0.6) is 0 Å². The predicted molar refractivity (Wildman–Crippen MR) is 66.1 cm³/mol. The van der Waals surface area contributed by atoms with Crippen molar-refractivity contribution in [2.75, 3.05) is 34.2 Å². The molecule has 0 rings (SSSR count). The number of quaternary nitrogens is 1. The monoisotopic (exact) mass is 299 g/mol. The minimum atomic E-state index is -0.0524. The van der Waals surface area contributed by atoms with Gasteiger partial charge in [-0.3, -0.25) is 4.79 Å². The van der Waals surface area contributed by atoms with E-state index in [9.17, 15) is 4.79 Å². The molecule has 0 saturated carbocycles. The normalized spacial score (nSPS) is 10.2. The van der Waals surface area contributed by atoms with E-state index in [1.807, 2.05) is 0 Å². The molecule has 0 aliphatic rings. The van der Waals surface area contributed by atoms with Crippen molar-refractivity contribution in [3.05, 3.63) is 12.2 Å². The molecule has 1 amide bonds. The maximum absolute atomic E-state index is 11.0. The van der Waals surface area contributed by atoms with E-state index in [0.29, 0.717) is 12.1 Å². The number of carbonyl (C=O) groups excluding carboxylic acids is 1. The molecule has 0 spiro atoms. The lowest BCUT2D eigenvalue weighted by molar-refractivity contribution is -0.869. The van der Waals surface area contributed by atoms with E-state index in [-0.39, 0.29) is 29.9 Å². The zero-order chi connectivity index (χ0) is 9.78. The topological polar surface area (TPSA) is 29.1 Å². The van der Waals surface area contributed by atoms with Gasteiger partial charge in [0.1, 0.15) is 0 Å². The Morgan fingerprint density at radius 1 is 1.38 bits per heavy atom. The maximum atomic E-state index is 11.0. The zero-order valence-corrected chi connectivity index (χ0v) is 11.2. The van der Waals surface area contributed by atoms with E-state index in [1.165, 1.54) is 0 Å². The second-order valence-corrected chi connectivity index (χ2v) is 4.05. The third kappa shape index (κ3) is 9.82. The summed E-state index contributed by atoms with van der Waals surface area (Å²) in [7, 11) is 6.27. The Kier molecular flexibility index (Phi) is 7.53. The SMILES string of the molecule is C=C(C)C(=O)NCC[N+](C)(C)C.I. The van der Waals surface area contributed by atoms with E-state index in [2.05, 4.69) is 33.0 Å². The molecule has 78 valence electrons. The van der Waals surface area contributed by atoms with E-state index in [1.54, 1.807) is 6.92 Å². The number of amides is 1. The molecule has 0 fully saturated rings. The summed E-state index contributed by atoms with van der Waals surface area (Å²) < 4.78 is 0.858. The van der Waals surface area contributed by atoms with Crippen LogP contribution >= 0.6 is 24.0 Å². The van der Waals surface area contributed by atoms with Crippen molar-refractivity contribution in [1.82, 2.24) is 5.32 Å². The lowest BCUT2D eigenvalue weighted by Gasteiger charge is -2.23. The Bertz CT molecular complexity index is 185. The van der Waals surface area contributed by atoms with Crippen molar-refractivity contribution < 1.29 is 9.28 Å². The third-order valence-corrected chi connectivity index (χ3v) is 1.46. The number of nitrogens with one attached hydrogen (secondary N) is 1. The molecule has 3 nitrogen and oxygen atoms in total. The summed E-state index contributed by atoms with van der Waals surface area (Å²) in [4.78, 5) is 11.0. The van der Waals surface area contributed by atoms with Crippen LogP contribution in [-0.4, -0.2) is 44.6 Å². The van der Waals surface area contributed by atoms with Gasteiger partial charge in [0.15, 0.2) is 0 Å². The Morgan fingerprint density at radius 3 is 2.15 bits per heavy atom. The molecule has 0 aliphatic heterocycles. The van der Waals surface area contributed by atoms with E-state index >= 15 is 0 Å². The van der Waals surface area contributed by atoms with Gasteiger partial charge in [0, 0.05) is 5.57 Å². The van der Waals surface area contributed by atoms with Crippen LogP contribution in [-0.2, 0) is 4.79 Å². The molecule has 0 atom stereocenters. The van der Waals surface area contributed by atoms with Crippen LogP contribution in [0.3, 0.4) is 0 Å². The summed E-state index contributed by atoms with van der Waals surface area (Å²) >= 11 is 0. The van der Waals surface area contributed by atoms with E-state index < -0.39 is 0 Å². The highest BCUT2D eigenvalue weighted by Gasteiger charge is 2.07. The van der Waals surface area contributed by atoms with Crippen LogP contribution in [0.25, 0.3) is 0 Å². The van der Waals surface area contributed by atoms with Crippen LogP contribution in [0.4, 0.5) is 0 Å². The van der Waals surface area contributed by atoms with Gasteiger partial charge in [-0.2, -0.15) is 0 Å². The van der Waals surface area contributed by atoms with Gasteiger partial charge in [0.05, 0.1) is 34.2 Å². The number of likely N-dealkylation sites (N-methyl/N-ethyl adjacent to an activating group) is 1. The molecular formula is C9H20IN2O+. The molecule has 0 aromatic rings. The summed E-state index contributed by atoms with van der Waals surface area (Å²) in [6, 6.07) is 0. The van der Waals surface area contributed by atoms with Gasteiger partial charge in [-0.25, -0.2) is 0 Å². The van der Waals surface area contributed by atoms with Gasteiger partial charge in [0.2, 0.25) is 5.91 Å². The lowest BCUT2D eigenvalue weighted by Crippen LogP contribution is -2.41. The summed E-state index contributed by atoms with van der Waals surface area (Å²) in [5.74, 6) is -0.0524. The molecule has 0 saturated heterocycles. The quantitative estimate of drug-likeness (QED) is 0.468. The molecule has 0 heterocycles. The summed E-state index contributed by atoms with van der Waals surface area (Å²) in [6.45, 7) is 6.90. The van der Waals surface area contributed by atoms with Crippen molar-refractivity contribution in [2.24, 2.45) is 0 Å². The number of carbonyl (C=O) groups is 1. The van der Waals surface area contributed by atoms with Crippen molar-refractivity contribution in [1.29, 1.82) is 0 Å². The first kappa shape index (κ1) is 15.4. The number of hydrogen-bond donors (Lipinski definition) is 1. The van der Waals surface area contributed by atoms with E-state index in [4.69, 9.17) is 0 Å². The Balaban J connectivity index is 0. The first-order chi connectivity index (χ1) is 5.33. The average Bonchev–Trinajstić information content (AvgIpc) is 1.84. The van der Waals surface area contributed by atoms with Gasteiger partial charge in [-0.15, -0.1) is 24.0 Å². The number of halogens is 1. The molecule has 13 heavy (non-hydrogen) atoms. The average molecular weight is 299 g/mol. The Labute approximate surface area is 97.8 Å². The third-order valence-electron chi connectivity index (χ3n) is 1.46. The first-order valence-electron chi connectivity index (χ1n) is 4.07. The highest BCUT2D eigenvalue weighted by molar-refractivity contribution is 14.0. The first-order valence-corrected chi connectivity index (χ1v) is 4.07. The molecule has 0 radical (unpaired) electrons. The molecule has 0 aromatic carbocycles. The fraction of sp³-hybridized carbons (Fsp3) is 0.667. The molecule has 1 N–H and O–H groups in total. The molecular weight excluding hydrogens is 279 g/mol. The molecule has 4 heteroatoms. The van der Waals surface area contributed by atoms with Gasteiger partial charge < -0.3 is 9.80 Å². The van der Waals surface area contributed by atoms with Crippen molar-refractivity contribution in [2.45, 2.75) is 6.92 Å². The molecule has 0 aliphatic carbocycles. The van der Waals surface area contributed by atoms with Crippen molar-refractivity contribution in [3.63, 3.8) is 0 Å². The minimum absolute atomic E-state index is 0. The van der Waals surface area contributed by atoms with Crippen LogP contribution in [0.1, 0.15) is 6.92 Å². The van der Waals surface area contributed by atoms with Gasteiger partial charge in [-0.1, -0.05) is 6.58 Å². The lowest BCUT2D eigenvalue weighted by atomic mass is 10.3. The van der Waals surface area contributed by atoms with Gasteiger partial charge in [-0.05, 0) is 6.92 Å². The van der Waals surface area contributed by atoms with Gasteiger partial charge in [0.25, 0.3) is 0 Å². The smallest absolute Gasteiger partial charge is 0.246 e. The summed E-state index contributed by atoms with van der Waals surface area (Å²) in [6.07, 6.45) is 0. The fourth-order valence-electron chi connectivity index (χ4n) is 0.656.